The van der Waals surface area contributed by atoms with Crippen molar-refractivity contribution in [2.24, 2.45) is 0 Å². The molecule has 76 valence electrons. The van der Waals surface area contributed by atoms with Crippen LogP contribution < -0.4 is 5.32 Å². The van der Waals surface area contributed by atoms with E-state index < -0.39 is 0 Å². The zero-order valence-electron chi connectivity index (χ0n) is 8.12. The molecule has 1 aliphatic carbocycles. The predicted octanol–water partition coefficient (Wildman–Crippen LogP) is 0.948. The Morgan fingerprint density at radius 1 is 1.43 bits per heavy atom. The van der Waals surface area contributed by atoms with Crippen LogP contribution in [-0.4, -0.2) is 29.7 Å². The second kappa shape index (κ2) is 3.37. The zero-order chi connectivity index (χ0) is 9.38. The van der Waals surface area contributed by atoms with Crippen LogP contribution in [0.5, 0.6) is 0 Å². The van der Waals surface area contributed by atoms with Crippen LogP contribution in [0.1, 0.15) is 36.3 Å². The highest BCUT2D eigenvalue weighted by Gasteiger charge is 2.27. The van der Waals surface area contributed by atoms with E-state index in [1.165, 1.54) is 18.5 Å². The summed E-state index contributed by atoms with van der Waals surface area (Å²) in [5.74, 6) is 1.78. The lowest BCUT2D eigenvalue weighted by molar-refractivity contribution is 0.0744. The van der Waals surface area contributed by atoms with Crippen LogP contribution in [0.2, 0.25) is 0 Å². The Bertz CT molecular complexity index is 313. The van der Waals surface area contributed by atoms with Crippen molar-refractivity contribution >= 4 is 0 Å². The molecule has 1 unspecified atom stereocenters. The van der Waals surface area contributed by atoms with E-state index in [-0.39, 0.29) is 6.04 Å². The number of hydrogen-bond acceptors (Lipinski definition) is 3. The van der Waals surface area contributed by atoms with Crippen LogP contribution in [0.3, 0.4) is 0 Å². The zero-order valence-corrected chi connectivity index (χ0v) is 8.12. The molecule has 2 N–H and O–H groups in total. The van der Waals surface area contributed by atoms with Gasteiger partial charge in [0.15, 0.2) is 0 Å². The lowest BCUT2D eigenvalue weighted by Gasteiger charge is -2.21. The molecule has 1 aliphatic heterocycles. The number of rotatable bonds is 2. The van der Waals surface area contributed by atoms with E-state index in [1.54, 1.807) is 0 Å². The maximum absolute atomic E-state index is 5.40. The Morgan fingerprint density at radius 3 is 3.07 bits per heavy atom. The summed E-state index contributed by atoms with van der Waals surface area (Å²) in [5, 5.41) is 3.39. The molecule has 1 saturated carbocycles. The minimum absolute atomic E-state index is 0.260. The largest absolute Gasteiger partial charge is 0.378 e. The van der Waals surface area contributed by atoms with Gasteiger partial charge >= 0.3 is 0 Å². The van der Waals surface area contributed by atoms with Gasteiger partial charge in [-0.3, -0.25) is 0 Å². The van der Waals surface area contributed by atoms with E-state index in [1.807, 2.05) is 6.20 Å². The van der Waals surface area contributed by atoms with Gasteiger partial charge in [0.25, 0.3) is 0 Å². The van der Waals surface area contributed by atoms with Crippen LogP contribution in [0.25, 0.3) is 0 Å². The molecule has 0 bridgehead atoms. The maximum atomic E-state index is 5.40. The summed E-state index contributed by atoms with van der Waals surface area (Å²) in [6, 6.07) is 0.260. The normalized spacial score (nSPS) is 27.9. The summed E-state index contributed by atoms with van der Waals surface area (Å²) in [6.45, 7) is 2.47. The molecule has 1 aromatic heterocycles. The number of morpholine rings is 1. The second-order valence-corrected chi connectivity index (χ2v) is 4.08. The molecule has 0 spiro atoms. The number of ether oxygens (including phenoxy) is 1. The van der Waals surface area contributed by atoms with Crippen LogP contribution in [0.15, 0.2) is 6.20 Å². The van der Waals surface area contributed by atoms with Gasteiger partial charge in [0.05, 0.1) is 19.3 Å². The van der Waals surface area contributed by atoms with Crippen molar-refractivity contribution in [1.82, 2.24) is 15.3 Å². The Hall–Kier alpha value is -0.870. The Balaban J connectivity index is 1.74. The molecular formula is C10H15N3O. The molecule has 1 aromatic rings. The van der Waals surface area contributed by atoms with Crippen LogP contribution >= 0.6 is 0 Å². The van der Waals surface area contributed by atoms with Gasteiger partial charge in [-0.2, -0.15) is 0 Å². The Kier molecular flexibility index (Phi) is 2.03. The third-order valence-corrected chi connectivity index (χ3v) is 2.88. The van der Waals surface area contributed by atoms with Gasteiger partial charge in [-0.05, 0) is 12.8 Å². The van der Waals surface area contributed by atoms with Crippen LogP contribution in [0.4, 0.5) is 0 Å². The summed E-state index contributed by atoms with van der Waals surface area (Å²) < 4.78 is 5.40. The highest BCUT2D eigenvalue weighted by molar-refractivity contribution is 5.14. The van der Waals surface area contributed by atoms with Gasteiger partial charge < -0.3 is 15.0 Å². The first-order valence-corrected chi connectivity index (χ1v) is 5.29. The summed E-state index contributed by atoms with van der Waals surface area (Å²) in [5.41, 5.74) is 1.30. The van der Waals surface area contributed by atoms with Crippen LogP contribution in [-0.2, 0) is 4.74 Å². The van der Waals surface area contributed by atoms with E-state index >= 15 is 0 Å². The van der Waals surface area contributed by atoms with Crippen LogP contribution in [0, 0.1) is 0 Å². The number of hydrogen-bond donors (Lipinski definition) is 2. The molecular weight excluding hydrogens is 178 g/mol. The fourth-order valence-corrected chi connectivity index (χ4v) is 1.87. The first-order valence-electron chi connectivity index (χ1n) is 5.29. The van der Waals surface area contributed by atoms with Crippen molar-refractivity contribution in [3.8, 4) is 0 Å². The first kappa shape index (κ1) is 8.44. The fraction of sp³-hybridized carbons (Fsp3) is 0.700. The number of H-pyrrole nitrogens is 1. The van der Waals surface area contributed by atoms with Gasteiger partial charge in [-0.15, -0.1) is 0 Å². The van der Waals surface area contributed by atoms with E-state index in [2.05, 4.69) is 15.3 Å². The first-order chi connectivity index (χ1) is 6.93. The van der Waals surface area contributed by atoms with E-state index in [0.717, 1.165) is 31.5 Å². The summed E-state index contributed by atoms with van der Waals surface area (Å²) >= 11 is 0. The predicted molar refractivity (Wildman–Crippen MR) is 52.1 cm³/mol. The van der Waals surface area contributed by atoms with Gasteiger partial charge in [0.2, 0.25) is 0 Å². The summed E-state index contributed by atoms with van der Waals surface area (Å²) in [4.78, 5) is 7.79. The van der Waals surface area contributed by atoms with Gasteiger partial charge in [0.1, 0.15) is 5.82 Å². The minimum atomic E-state index is 0.260. The van der Waals surface area contributed by atoms with Crippen molar-refractivity contribution in [2.45, 2.75) is 24.8 Å². The average Bonchev–Trinajstić information content (AvgIpc) is 2.98. The highest BCUT2D eigenvalue weighted by Crippen LogP contribution is 2.39. The van der Waals surface area contributed by atoms with Gasteiger partial charge in [0, 0.05) is 24.4 Å². The number of nitrogens with zero attached hydrogens (tertiary/aromatic N) is 1. The second-order valence-electron chi connectivity index (χ2n) is 4.08. The molecule has 3 rings (SSSR count). The molecule has 2 fully saturated rings. The van der Waals surface area contributed by atoms with Gasteiger partial charge in [-0.25, -0.2) is 4.98 Å². The monoisotopic (exact) mass is 193 g/mol. The number of aromatic amines is 1. The highest BCUT2D eigenvalue weighted by atomic mass is 16.5. The smallest absolute Gasteiger partial charge is 0.125 e. The molecule has 1 atom stereocenters. The molecule has 4 nitrogen and oxygen atoms in total. The lowest BCUT2D eigenvalue weighted by Crippen LogP contribution is -2.35. The van der Waals surface area contributed by atoms with E-state index in [0.29, 0.717) is 0 Å². The van der Waals surface area contributed by atoms with Crippen molar-refractivity contribution < 1.29 is 4.74 Å². The third-order valence-electron chi connectivity index (χ3n) is 2.88. The van der Waals surface area contributed by atoms with E-state index in [9.17, 15) is 0 Å². The Labute approximate surface area is 83.1 Å². The third kappa shape index (κ3) is 1.55. The van der Waals surface area contributed by atoms with Gasteiger partial charge in [-0.1, -0.05) is 0 Å². The average molecular weight is 193 g/mol. The molecule has 1 saturated heterocycles. The number of nitrogens with one attached hydrogen (secondary N) is 2. The molecule has 14 heavy (non-hydrogen) atoms. The number of imidazole rings is 1. The fourth-order valence-electron chi connectivity index (χ4n) is 1.87. The lowest BCUT2D eigenvalue weighted by atomic mass is 10.2. The van der Waals surface area contributed by atoms with Crippen molar-refractivity contribution in [3.05, 3.63) is 17.7 Å². The molecule has 2 aliphatic rings. The maximum Gasteiger partial charge on any atom is 0.125 e. The van der Waals surface area contributed by atoms with Crippen molar-refractivity contribution in [1.29, 1.82) is 0 Å². The summed E-state index contributed by atoms with van der Waals surface area (Å²) in [6.07, 6.45) is 4.61. The summed E-state index contributed by atoms with van der Waals surface area (Å²) in [7, 11) is 0. The quantitative estimate of drug-likeness (QED) is 0.735. The molecule has 0 aromatic carbocycles. The molecule has 0 amide bonds. The molecule has 2 heterocycles. The molecule has 4 heteroatoms. The Morgan fingerprint density at radius 2 is 2.36 bits per heavy atom. The minimum Gasteiger partial charge on any atom is -0.378 e. The molecule has 0 radical (unpaired) electrons. The number of aromatic nitrogens is 2. The standard InChI is InChI=1S/C10H15N3O/c1-2-7(1)8-5-12-10(13-8)9-6-14-4-3-11-9/h5,7,9,11H,1-4,6H2,(H,12,13). The SMILES string of the molecule is c1nc(C2COCCN2)[nH]c1C1CC1. The van der Waals surface area contributed by atoms with E-state index in [4.69, 9.17) is 4.74 Å². The topological polar surface area (TPSA) is 49.9 Å². The van der Waals surface area contributed by atoms with Crippen molar-refractivity contribution in [3.63, 3.8) is 0 Å². The van der Waals surface area contributed by atoms with Crippen molar-refractivity contribution in [2.75, 3.05) is 19.8 Å².